The Hall–Kier alpha value is -1.75. The number of hydrogen-bond donors (Lipinski definition) is 1. The van der Waals surface area contributed by atoms with E-state index in [-0.39, 0.29) is 12.5 Å². The van der Waals surface area contributed by atoms with Gasteiger partial charge in [0.2, 0.25) is 0 Å². The van der Waals surface area contributed by atoms with Crippen molar-refractivity contribution in [2.75, 3.05) is 27.9 Å². The van der Waals surface area contributed by atoms with Gasteiger partial charge in [-0.15, -0.1) is 0 Å². The summed E-state index contributed by atoms with van der Waals surface area (Å²) in [4.78, 5) is 10.9. The zero-order valence-corrected chi connectivity index (χ0v) is 10.3. The third kappa shape index (κ3) is 3.96. The van der Waals surface area contributed by atoms with Crippen LogP contribution in [0.4, 0.5) is 0 Å². The lowest BCUT2D eigenvalue weighted by Gasteiger charge is -2.10. The van der Waals surface area contributed by atoms with Crippen molar-refractivity contribution in [1.82, 2.24) is 5.32 Å². The van der Waals surface area contributed by atoms with Crippen LogP contribution in [0.5, 0.6) is 11.5 Å². The molecule has 1 aromatic carbocycles. The second-order valence-electron chi connectivity index (χ2n) is 3.36. The van der Waals surface area contributed by atoms with Gasteiger partial charge in [-0.05, 0) is 6.07 Å². The van der Waals surface area contributed by atoms with Crippen LogP contribution in [0.1, 0.15) is 5.56 Å². The fourth-order valence-corrected chi connectivity index (χ4v) is 1.37. The van der Waals surface area contributed by atoms with Gasteiger partial charge in [-0.1, -0.05) is 6.07 Å². The quantitative estimate of drug-likeness (QED) is 0.749. The van der Waals surface area contributed by atoms with E-state index in [0.717, 1.165) is 17.1 Å². The molecule has 0 aromatic heterocycles. The molecule has 0 saturated carbocycles. The fourth-order valence-electron chi connectivity index (χ4n) is 1.37. The molecule has 0 saturated heterocycles. The van der Waals surface area contributed by atoms with Crippen LogP contribution in [0, 0.1) is 0 Å². The maximum absolute atomic E-state index is 10.9. The third-order valence-corrected chi connectivity index (χ3v) is 2.31. The van der Waals surface area contributed by atoms with Crippen molar-refractivity contribution in [3.63, 3.8) is 0 Å². The molecule has 17 heavy (non-hydrogen) atoms. The van der Waals surface area contributed by atoms with Crippen LogP contribution in [0.25, 0.3) is 0 Å². The number of carbonyl (C=O) groups excluding carboxylic acids is 1. The largest absolute Gasteiger partial charge is 0.497 e. The van der Waals surface area contributed by atoms with Crippen molar-refractivity contribution in [3.05, 3.63) is 23.8 Å². The second-order valence-corrected chi connectivity index (χ2v) is 3.36. The molecule has 1 rings (SSSR count). The summed E-state index contributed by atoms with van der Waals surface area (Å²) in [5.41, 5.74) is 0.956. The molecule has 0 aliphatic carbocycles. The fraction of sp³-hybridized carbons (Fsp3) is 0.417. The number of esters is 1. The van der Waals surface area contributed by atoms with Crippen LogP contribution in [0.2, 0.25) is 0 Å². The lowest BCUT2D eigenvalue weighted by Crippen LogP contribution is -2.23. The summed E-state index contributed by atoms with van der Waals surface area (Å²) in [5.74, 6) is 1.16. The van der Waals surface area contributed by atoms with E-state index in [0.29, 0.717) is 6.54 Å². The minimum absolute atomic E-state index is 0.172. The highest BCUT2D eigenvalue weighted by atomic mass is 16.5. The molecule has 0 heterocycles. The zero-order chi connectivity index (χ0) is 12.7. The van der Waals surface area contributed by atoms with Gasteiger partial charge in [0, 0.05) is 18.2 Å². The molecule has 0 atom stereocenters. The summed E-state index contributed by atoms with van der Waals surface area (Å²) in [6, 6.07) is 5.54. The molecular formula is C12H17NO4. The average Bonchev–Trinajstić information content (AvgIpc) is 2.38. The first-order valence-electron chi connectivity index (χ1n) is 5.19. The molecule has 5 heteroatoms. The molecule has 94 valence electrons. The Morgan fingerprint density at radius 2 is 2.00 bits per heavy atom. The van der Waals surface area contributed by atoms with E-state index in [2.05, 4.69) is 10.1 Å². The Morgan fingerprint density at radius 1 is 1.24 bits per heavy atom. The Balaban J connectivity index is 2.61. The molecule has 0 aliphatic heterocycles. The average molecular weight is 239 g/mol. The van der Waals surface area contributed by atoms with Crippen LogP contribution in [-0.2, 0) is 16.1 Å². The molecular weight excluding hydrogens is 222 g/mol. The van der Waals surface area contributed by atoms with Crippen molar-refractivity contribution in [3.8, 4) is 11.5 Å². The molecule has 0 amide bonds. The molecule has 0 unspecified atom stereocenters. The molecule has 0 fully saturated rings. The van der Waals surface area contributed by atoms with Gasteiger partial charge in [-0.3, -0.25) is 4.79 Å². The first kappa shape index (κ1) is 13.3. The molecule has 1 N–H and O–H groups in total. The number of rotatable bonds is 6. The van der Waals surface area contributed by atoms with E-state index in [1.807, 2.05) is 12.1 Å². The minimum Gasteiger partial charge on any atom is -0.497 e. The third-order valence-electron chi connectivity index (χ3n) is 2.31. The van der Waals surface area contributed by atoms with Crippen molar-refractivity contribution in [1.29, 1.82) is 0 Å². The molecule has 5 nitrogen and oxygen atoms in total. The minimum atomic E-state index is -0.294. The number of ether oxygens (including phenoxy) is 3. The van der Waals surface area contributed by atoms with E-state index >= 15 is 0 Å². The van der Waals surface area contributed by atoms with Gasteiger partial charge in [0.05, 0.1) is 27.9 Å². The standard InChI is InChI=1S/C12H17NO4/c1-15-10-5-4-9(11(6-10)16-2)7-13-8-12(14)17-3/h4-6,13H,7-8H2,1-3H3. The topological polar surface area (TPSA) is 56.8 Å². The SMILES string of the molecule is COC(=O)CNCc1ccc(OC)cc1OC. The summed E-state index contributed by atoms with van der Waals surface area (Å²) in [6.45, 7) is 0.702. The Kier molecular flexibility index (Phi) is 5.29. The summed E-state index contributed by atoms with van der Waals surface area (Å²) in [6.07, 6.45) is 0. The first-order valence-corrected chi connectivity index (χ1v) is 5.19. The van der Waals surface area contributed by atoms with Gasteiger partial charge >= 0.3 is 5.97 Å². The van der Waals surface area contributed by atoms with Gasteiger partial charge in [-0.2, -0.15) is 0 Å². The van der Waals surface area contributed by atoms with E-state index in [1.165, 1.54) is 7.11 Å². The smallest absolute Gasteiger partial charge is 0.319 e. The highest BCUT2D eigenvalue weighted by Crippen LogP contribution is 2.24. The van der Waals surface area contributed by atoms with Crippen molar-refractivity contribution in [2.45, 2.75) is 6.54 Å². The number of nitrogens with one attached hydrogen (secondary N) is 1. The highest BCUT2D eigenvalue weighted by molar-refractivity contribution is 5.71. The van der Waals surface area contributed by atoms with Crippen molar-refractivity contribution in [2.24, 2.45) is 0 Å². The zero-order valence-electron chi connectivity index (χ0n) is 10.3. The lowest BCUT2D eigenvalue weighted by molar-refractivity contribution is -0.139. The predicted octanol–water partition coefficient (Wildman–Crippen LogP) is 0.966. The van der Waals surface area contributed by atoms with Gasteiger partial charge in [0.1, 0.15) is 11.5 Å². The molecule has 0 aliphatic rings. The monoisotopic (exact) mass is 239 g/mol. The first-order chi connectivity index (χ1) is 8.21. The number of methoxy groups -OCH3 is 3. The van der Waals surface area contributed by atoms with Crippen molar-refractivity contribution >= 4 is 5.97 Å². The molecule has 0 spiro atoms. The van der Waals surface area contributed by atoms with E-state index in [9.17, 15) is 4.79 Å². The summed E-state index contributed by atoms with van der Waals surface area (Å²) in [5, 5.41) is 2.97. The van der Waals surface area contributed by atoms with Gasteiger partial charge < -0.3 is 19.5 Å². The van der Waals surface area contributed by atoms with Crippen LogP contribution in [-0.4, -0.2) is 33.8 Å². The van der Waals surface area contributed by atoms with Crippen LogP contribution < -0.4 is 14.8 Å². The maximum atomic E-state index is 10.9. The lowest BCUT2D eigenvalue weighted by atomic mass is 10.2. The van der Waals surface area contributed by atoms with Crippen LogP contribution in [0.3, 0.4) is 0 Å². The van der Waals surface area contributed by atoms with Gasteiger partial charge in [0.25, 0.3) is 0 Å². The highest BCUT2D eigenvalue weighted by Gasteiger charge is 2.05. The molecule has 0 bridgehead atoms. The van der Waals surface area contributed by atoms with E-state index in [4.69, 9.17) is 9.47 Å². The second kappa shape index (κ2) is 6.75. The van der Waals surface area contributed by atoms with E-state index < -0.39 is 0 Å². The van der Waals surface area contributed by atoms with Crippen LogP contribution in [0.15, 0.2) is 18.2 Å². The number of benzene rings is 1. The Morgan fingerprint density at radius 3 is 2.59 bits per heavy atom. The van der Waals surface area contributed by atoms with Gasteiger partial charge in [-0.25, -0.2) is 0 Å². The Bertz CT molecular complexity index is 379. The summed E-state index contributed by atoms with van der Waals surface area (Å²) >= 11 is 0. The predicted molar refractivity (Wildman–Crippen MR) is 63.3 cm³/mol. The summed E-state index contributed by atoms with van der Waals surface area (Å²) < 4.78 is 14.9. The number of carbonyl (C=O) groups is 1. The van der Waals surface area contributed by atoms with E-state index in [1.54, 1.807) is 20.3 Å². The molecule has 0 radical (unpaired) electrons. The Labute approximate surface area is 101 Å². The normalized spacial score (nSPS) is 9.82. The van der Waals surface area contributed by atoms with Gasteiger partial charge in [0.15, 0.2) is 0 Å². The summed E-state index contributed by atoms with van der Waals surface area (Å²) in [7, 11) is 4.56. The molecule has 1 aromatic rings. The number of hydrogen-bond acceptors (Lipinski definition) is 5. The maximum Gasteiger partial charge on any atom is 0.319 e. The van der Waals surface area contributed by atoms with Crippen LogP contribution >= 0.6 is 0 Å². The van der Waals surface area contributed by atoms with Crippen molar-refractivity contribution < 1.29 is 19.0 Å².